The smallest absolute Gasteiger partial charge is 0.274 e. The normalized spacial score (nSPS) is 16.8. The Bertz CT molecular complexity index is 1140. The van der Waals surface area contributed by atoms with E-state index in [9.17, 15) is 4.79 Å². The molecule has 0 amide bonds. The Labute approximate surface area is 142 Å². The second kappa shape index (κ2) is 5.31. The van der Waals surface area contributed by atoms with Crippen LogP contribution in [0.2, 0.25) is 0 Å². The van der Waals surface area contributed by atoms with Gasteiger partial charge in [-0.25, -0.2) is 9.38 Å². The topological polar surface area (TPSA) is 39.3 Å². The fraction of sp³-hybridized carbons (Fsp3) is 0.263. The molecule has 3 aromatic heterocycles. The summed E-state index contributed by atoms with van der Waals surface area (Å²) in [5, 5.41) is 0. The predicted molar refractivity (Wildman–Crippen MR) is 97.6 cm³/mol. The van der Waals surface area contributed by atoms with Crippen molar-refractivity contribution in [1.29, 1.82) is 0 Å². The average molecular weight is 335 g/mol. The number of rotatable bonds is 2. The number of nitrogens with zero attached hydrogens (tertiary/aromatic N) is 3. The molecule has 5 heteroatoms. The Kier molecular flexibility index (Phi) is 3.10. The first-order valence-corrected chi connectivity index (χ1v) is 9.20. The molecule has 1 aliphatic carbocycles. The van der Waals surface area contributed by atoms with Crippen LogP contribution in [-0.4, -0.2) is 14.0 Å². The molecule has 5 rings (SSSR count). The first kappa shape index (κ1) is 14.0. The minimum Gasteiger partial charge on any atom is -0.351 e. The van der Waals surface area contributed by atoms with Crippen LogP contribution in [0.1, 0.15) is 37.3 Å². The van der Waals surface area contributed by atoms with Gasteiger partial charge in [0.25, 0.3) is 5.56 Å². The molecule has 3 heterocycles. The monoisotopic (exact) mass is 335 g/mol. The minimum atomic E-state index is 0.0253. The van der Waals surface area contributed by atoms with Gasteiger partial charge in [0.15, 0.2) is 4.96 Å². The second-order valence-corrected chi connectivity index (χ2v) is 7.47. The maximum Gasteiger partial charge on any atom is 0.274 e. The van der Waals surface area contributed by atoms with E-state index < -0.39 is 0 Å². The molecule has 1 aliphatic rings. The van der Waals surface area contributed by atoms with Gasteiger partial charge in [-0.2, -0.15) is 0 Å². The molecule has 0 aliphatic heterocycles. The number of aromatic nitrogens is 3. The van der Waals surface area contributed by atoms with Gasteiger partial charge in [0.1, 0.15) is 0 Å². The lowest BCUT2D eigenvalue weighted by Crippen LogP contribution is -2.22. The Morgan fingerprint density at radius 1 is 1.17 bits per heavy atom. The van der Waals surface area contributed by atoms with Gasteiger partial charge in [-0.3, -0.25) is 4.79 Å². The summed E-state index contributed by atoms with van der Waals surface area (Å²) in [6.45, 7) is 0. The lowest BCUT2D eigenvalue weighted by atomic mass is 10.2. The van der Waals surface area contributed by atoms with Crippen LogP contribution in [0.4, 0.5) is 0 Å². The van der Waals surface area contributed by atoms with Crippen LogP contribution < -0.4 is 10.1 Å². The highest BCUT2D eigenvalue weighted by molar-refractivity contribution is 7.15. The van der Waals surface area contributed by atoms with Gasteiger partial charge in [0.05, 0.1) is 15.6 Å². The number of thiazole rings is 1. The first-order valence-electron chi connectivity index (χ1n) is 8.39. The van der Waals surface area contributed by atoms with E-state index in [0.29, 0.717) is 6.04 Å². The van der Waals surface area contributed by atoms with Gasteiger partial charge in [0, 0.05) is 18.4 Å². The largest absolute Gasteiger partial charge is 0.351 e. The fourth-order valence-corrected chi connectivity index (χ4v) is 4.70. The number of hydrogen-bond donors (Lipinski definition) is 0. The van der Waals surface area contributed by atoms with E-state index >= 15 is 0 Å². The summed E-state index contributed by atoms with van der Waals surface area (Å²) >= 11 is 1.46. The molecule has 4 nitrogen and oxygen atoms in total. The van der Waals surface area contributed by atoms with Gasteiger partial charge in [-0.05, 0) is 42.7 Å². The van der Waals surface area contributed by atoms with E-state index in [-0.39, 0.29) is 5.56 Å². The Hall–Kier alpha value is -2.40. The van der Waals surface area contributed by atoms with Gasteiger partial charge in [-0.15, -0.1) is 0 Å². The maximum absolute atomic E-state index is 12.8. The summed E-state index contributed by atoms with van der Waals surface area (Å²) < 4.78 is 4.77. The Morgan fingerprint density at radius 3 is 2.88 bits per heavy atom. The number of fused-ring (bicyclic) bond motifs is 3. The fourth-order valence-electron chi connectivity index (χ4n) is 3.71. The minimum absolute atomic E-state index is 0.0253. The van der Waals surface area contributed by atoms with Crippen molar-refractivity contribution in [3.63, 3.8) is 0 Å². The van der Waals surface area contributed by atoms with Crippen molar-refractivity contribution in [2.45, 2.75) is 31.7 Å². The molecular weight excluding hydrogens is 318 g/mol. The molecule has 1 saturated carbocycles. The molecule has 1 fully saturated rings. The SMILES string of the molecule is O=c1/c(=C\c2ccn(C3CCCC3)c2)sc2nc3ccccc3n12. The third-order valence-corrected chi connectivity index (χ3v) is 5.90. The molecule has 0 radical (unpaired) electrons. The summed E-state index contributed by atoms with van der Waals surface area (Å²) in [4.78, 5) is 18.1. The van der Waals surface area contributed by atoms with E-state index in [2.05, 4.69) is 28.0 Å². The van der Waals surface area contributed by atoms with Crippen molar-refractivity contribution < 1.29 is 0 Å². The lowest BCUT2D eigenvalue weighted by molar-refractivity contribution is 0.521. The van der Waals surface area contributed by atoms with Gasteiger partial charge >= 0.3 is 0 Å². The van der Waals surface area contributed by atoms with Crippen LogP contribution in [0.3, 0.4) is 0 Å². The average Bonchev–Trinajstić information content (AvgIpc) is 3.34. The molecule has 0 atom stereocenters. The van der Waals surface area contributed by atoms with Crippen LogP contribution >= 0.6 is 11.3 Å². The molecule has 4 aromatic rings. The van der Waals surface area contributed by atoms with Crippen molar-refractivity contribution >= 4 is 33.4 Å². The summed E-state index contributed by atoms with van der Waals surface area (Å²) in [5.41, 5.74) is 2.88. The van der Waals surface area contributed by atoms with Crippen LogP contribution in [0.15, 0.2) is 47.5 Å². The summed E-state index contributed by atoms with van der Waals surface area (Å²) in [7, 11) is 0. The number of para-hydroxylation sites is 2. The highest BCUT2D eigenvalue weighted by Gasteiger charge is 2.16. The van der Waals surface area contributed by atoms with Gasteiger partial charge < -0.3 is 4.57 Å². The van der Waals surface area contributed by atoms with E-state index in [1.54, 1.807) is 4.40 Å². The predicted octanol–water partition coefficient (Wildman–Crippen LogP) is 3.37. The molecule has 24 heavy (non-hydrogen) atoms. The van der Waals surface area contributed by atoms with E-state index in [1.165, 1.54) is 37.0 Å². The maximum atomic E-state index is 12.8. The van der Waals surface area contributed by atoms with Crippen LogP contribution in [0, 0.1) is 0 Å². The summed E-state index contributed by atoms with van der Waals surface area (Å²) in [6.07, 6.45) is 11.5. The lowest BCUT2D eigenvalue weighted by Gasteiger charge is -2.10. The van der Waals surface area contributed by atoms with Crippen LogP contribution in [-0.2, 0) is 0 Å². The highest BCUT2D eigenvalue weighted by Crippen LogP contribution is 2.29. The Balaban J connectivity index is 1.62. The molecule has 0 N–H and O–H groups in total. The van der Waals surface area contributed by atoms with Crippen molar-refractivity contribution in [1.82, 2.24) is 14.0 Å². The molecule has 0 saturated heterocycles. The molecule has 0 bridgehead atoms. The zero-order valence-corrected chi connectivity index (χ0v) is 14.0. The molecule has 1 aromatic carbocycles. The molecule has 0 spiro atoms. The van der Waals surface area contributed by atoms with Crippen molar-refractivity contribution in [2.75, 3.05) is 0 Å². The van der Waals surface area contributed by atoms with Gasteiger partial charge in [0.2, 0.25) is 0 Å². The van der Waals surface area contributed by atoms with Crippen molar-refractivity contribution in [3.8, 4) is 0 Å². The van der Waals surface area contributed by atoms with E-state index in [1.807, 2.05) is 30.3 Å². The van der Waals surface area contributed by atoms with E-state index in [4.69, 9.17) is 0 Å². The van der Waals surface area contributed by atoms with Crippen LogP contribution in [0.5, 0.6) is 0 Å². The van der Waals surface area contributed by atoms with Crippen molar-refractivity contribution in [3.05, 3.63) is 63.2 Å². The van der Waals surface area contributed by atoms with Crippen LogP contribution in [0.25, 0.3) is 22.1 Å². The van der Waals surface area contributed by atoms with Gasteiger partial charge in [-0.1, -0.05) is 36.3 Å². The zero-order valence-electron chi connectivity index (χ0n) is 13.2. The van der Waals surface area contributed by atoms with E-state index in [0.717, 1.165) is 26.1 Å². The zero-order chi connectivity index (χ0) is 16.1. The third kappa shape index (κ3) is 2.12. The Morgan fingerprint density at radius 2 is 2.00 bits per heavy atom. The second-order valence-electron chi connectivity index (χ2n) is 6.46. The number of benzene rings is 1. The molecule has 0 unspecified atom stereocenters. The number of imidazole rings is 1. The molecular formula is C19H17N3OS. The quantitative estimate of drug-likeness (QED) is 0.563. The number of hydrogen-bond acceptors (Lipinski definition) is 3. The summed E-state index contributed by atoms with van der Waals surface area (Å²) in [5.74, 6) is 0. The highest BCUT2D eigenvalue weighted by atomic mass is 32.1. The third-order valence-electron chi connectivity index (χ3n) is 4.93. The van der Waals surface area contributed by atoms with Crippen molar-refractivity contribution in [2.24, 2.45) is 0 Å². The standard InChI is InChI=1S/C19H17N3OS/c23-18-17(11-13-9-10-21(12-13)14-5-1-2-6-14)24-19-20-15-7-3-4-8-16(15)22(18)19/h3-4,7-12,14H,1-2,5-6H2/b17-11+. The first-order chi connectivity index (χ1) is 11.8. The molecule has 120 valence electrons. The summed E-state index contributed by atoms with van der Waals surface area (Å²) in [6, 6.07) is 10.5.